The van der Waals surface area contributed by atoms with E-state index in [1.54, 1.807) is 0 Å². The van der Waals surface area contributed by atoms with E-state index in [-0.39, 0.29) is 22.4 Å². The largest absolute Gasteiger partial charge is 0.325 e. The molecule has 0 radical (unpaired) electrons. The maximum Gasteiger partial charge on any atom is 0.288 e. The lowest BCUT2D eigenvalue weighted by Gasteiger charge is -2.10. The van der Waals surface area contributed by atoms with Gasteiger partial charge in [-0.1, -0.05) is 65.8 Å². The van der Waals surface area contributed by atoms with Crippen LogP contribution in [-0.2, 0) is 4.79 Å². The number of nitrogens with zero attached hydrogens (tertiary/aromatic N) is 3. The molecule has 1 amide bonds. The van der Waals surface area contributed by atoms with Crippen LogP contribution in [0.4, 0.5) is 11.4 Å². The predicted molar refractivity (Wildman–Crippen MR) is 122 cm³/mol. The third-order valence-electron chi connectivity index (χ3n) is 4.35. The van der Waals surface area contributed by atoms with Crippen LogP contribution in [0.1, 0.15) is 0 Å². The molecule has 0 unspecified atom stereocenters. The third kappa shape index (κ3) is 4.82. The summed E-state index contributed by atoms with van der Waals surface area (Å²) in [5.41, 5.74) is 3.30. The van der Waals surface area contributed by atoms with Gasteiger partial charge in [-0.05, 0) is 24.3 Å². The number of para-hydroxylation sites is 2. The lowest BCUT2D eigenvalue weighted by Crippen LogP contribution is -2.14. The van der Waals surface area contributed by atoms with Gasteiger partial charge in [0.1, 0.15) is 15.7 Å². The molecule has 1 heterocycles. The Kier molecular flexibility index (Phi) is 6.11. The summed E-state index contributed by atoms with van der Waals surface area (Å²) in [6, 6.07) is 21.3. The smallest absolute Gasteiger partial charge is 0.288 e. The SMILES string of the molecule is O=C(CSc1nc2ccccc2nc1-c1ccccc1)Nc1ccc([N+](=O)[O-])c(Cl)c1. The molecule has 0 spiro atoms. The van der Waals surface area contributed by atoms with Crippen LogP contribution in [-0.4, -0.2) is 26.6 Å². The molecule has 0 bridgehead atoms. The fourth-order valence-electron chi connectivity index (χ4n) is 2.93. The summed E-state index contributed by atoms with van der Waals surface area (Å²) in [7, 11) is 0. The van der Waals surface area contributed by atoms with E-state index in [9.17, 15) is 14.9 Å². The standard InChI is InChI=1S/C22H15ClN4O3S/c23-16-12-15(10-11-19(16)27(29)30)24-20(28)13-31-22-21(14-6-2-1-3-7-14)25-17-8-4-5-9-18(17)26-22/h1-12H,13H2,(H,24,28). The van der Waals surface area contributed by atoms with E-state index in [1.165, 1.54) is 30.0 Å². The molecule has 1 N–H and O–H groups in total. The molecule has 154 valence electrons. The second kappa shape index (κ2) is 9.11. The number of benzene rings is 3. The van der Waals surface area contributed by atoms with Gasteiger partial charge in [-0.3, -0.25) is 14.9 Å². The van der Waals surface area contributed by atoms with Gasteiger partial charge in [0.05, 0.1) is 21.7 Å². The Bertz CT molecular complexity index is 1280. The minimum absolute atomic E-state index is 0.0396. The molecule has 0 saturated carbocycles. The van der Waals surface area contributed by atoms with Gasteiger partial charge in [0, 0.05) is 17.3 Å². The zero-order valence-electron chi connectivity index (χ0n) is 16.0. The van der Waals surface area contributed by atoms with Crippen LogP contribution in [0.25, 0.3) is 22.3 Å². The summed E-state index contributed by atoms with van der Waals surface area (Å²) in [5.74, 6) is -0.203. The van der Waals surface area contributed by atoms with Crippen LogP contribution in [0.5, 0.6) is 0 Å². The quantitative estimate of drug-likeness (QED) is 0.233. The van der Waals surface area contributed by atoms with Gasteiger partial charge in [-0.15, -0.1) is 0 Å². The van der Waals surface area contributed by atoms with E-state index < -0.39 is 4.92 Å². The molecule has 7 nitrogen and oxygen atoms in total. The number of thioether (sulfide) groups is 1. The van der Waals surface area contributed by atoms with Gasteiger partial charge in [0.15, 0.2) is 0 Å². The zero-order valence-corrected chi connectivity index (χ0v) is 17.6. The van der Waals surface area contributed by atoms with Crippen molar-refractivity contribution < 1.29 is 9.72 Å². The number of nitro benzene ring substituents is 1. The Morgan fingerprint density at radius 3 is 2.35 bits per heavy atom. The highest BCUT2D eigenvalue weighted by molar-refractivity contribution is 8.00. The van der Waals surface area contributed by atoms with E-state index in [0.29, 0.717) is 16.4 Å². The maximum absolute atomic E-state index is 12.5. The molecule has 0 aliphatic carbocycles. The highest BCUT2D eigenvalue weighted by Crippen LogP contribution is 2.31. The fourth-order valence-corrected chi connectivity index (χ4v) is 3.98. The van der Waals surface area contributed by atoms with Crippen molar-refractivity contribution in [1.82, 2.24) is 9.97 Å². The molecule has 4 aromatic rings. The summed E-state index contributed by atoms with van der Waals surface area (Å²) >= 11 is 7.18. The summed E-state index contributed by atoms with van der Waals surface area (Å²) in [4.78, 5) is 32.2. The van der Waals surface area contributed by atoms with Crippen molar-refractivity contribution in [2.24, 2.45) is 0 Å². The number of nitro groups is 1. The highest BCUT2D eigenvalue weighted by atomic mass is 35.5. The van der Waals surface area contributed by atoms with Crippen molar-refractivity contribution in [2.75, 3.05) is 11.1 Å². The number of rotatable bonds is 6. The van der Waals surface area contributed by atoms with Crippen LogP contribution in [0.3, 0.4) is 0 Å². The van der Waals surface area contributed by atoms with Gasteiger partial charge in [0.25, 0.3) is 5.69 Å². The first-order valence-electron chi connectivity index (χ1n) is 9.20. The zero-order chi connectivity index (χ0) is 21.8. The summed E-state index contributed by atoms with van der Waals surface area (Å²) in [6.45, 7) is 0. The maximum atomic E-state index is 12.5. The minimum atomic E-state index is -0.576. The predicted octanol–water partition coefficient (Wildman–Crippen LogP) is 5.59. The number of fused-ring (bicyclic) bond motifs is 1. The molecule has 4 rings (SSSR count). The number of hydrogen-bond acceptors (Lipinski definition) is 6. The van der Waals surface area contributed by atoms with Crippen LogP contribution in [0, 0.1) is 10.1 Å². The van der Waals surface area contributed by atoms with E-state index in [4.69, 9.17) is 21.6 Å². The molecule has 0 aliphatic heterocycles. The first-order chi connectivity index (χ1) is 15.0. The number of carbonyl (C=O) groups excluding carboxylic acids is 1. The van der Waals surface area contributed by atoms with Crippen LogP contribution in [0.15, 0.2) is 77.8 Å². The van der Waals surface area contributed by atoms with Crippen molar-refractivity contribution in [1.29, 1.82) is 0 Å². The molecule has 0 aliphatic rings. The number of carbonyl (C=O) groups is 1. The summed E-state index contributed by atoms with van der Waals surface area (Å²) in [6.07, 6.45) is 0. The van der Waals surface area contributed by atoms with Crippen LogP contribution >= 0.6 is 23.4 Å². The Balaban J connectivity index is 1.55. The minimum Gasteiger partial charge on any atom is -0.325 e. The number of anilines is 1. The average Bonchev–Trinajstić information content (AvgIpc) is 2.77. The van der Waals surface area contributed by atoms with E-state index in [1.807, 2.05) is 54.6 Å². The lowest BCUT2D eigenvalue weighted by atomic mass is 10.1. The Labute approximate surface area is 186 Å². The van der Waals surface area contributed by atoms with E-state index >= 15 is 0 Å². The van der Waals surface area contributed by atoms with Crippen LogP contribution in [0.2, 0.25) is 5.02 Å². The Morgan fingerprint density at radius 2 is 1.68 bits per heavy atom. The van der Waals surface area contributed by atoms with Gasteiger partial charge >= 0.3 is 0 Å². The molecule has 3 aromatic carbocycles. The van der Waals surface area contributed by atoms with Gasteiger partial charge in [0.2, 0.25) is 5.91 Å². The molecular weight excluding hydrogens is 436 g/mol. The van der Waals surface area contributed by atoms with Gasteiger partial charge < -0.3 is 5.32 Å². The number of aromatic nitrogens is 2. The molecular formula is C22H15ClN4O3S. The highest BCUT2D eigenvalue weighted by Gasteiger charge is 2.15. The number of nitrogens with one attached hydrogen (secondary N) is 1. The van der Waals surface area contributed by atoms with Crippen molar-refractivity contribution in [3.8, 4) is 11.3 Å². The number of hydrogen-bond donors (Lipinski definition) is 1. The molecule has 9 heteroatoms. The van der Waals surface area contributed by atoms with Crippen molar-refractivity contribution in [3.05, 3.63) is 87.9 Å². The topological polar surface area (TPSA) is 98.0 Å². The number of halogens is 1. The fraction of sp³-hybridized carbons (Fsp3) is 0.0455. The van der Waals surface area contributed by atoms with Crippen LogP contribution < -0.4 is 5.32 Å². The number of amides is 1. The first kappa shape index (κ1) is 20.8. The van der Waals surface area contributed by atoms with E-state index in [0.717, 1.165) is 16.6 Å². The van der Waals surface area contributed by atoms with Crippen molar-refractivity contribution >= 4 is 51.7 Å². The first-order valence-corrected chi connectivity index (χ1v) is 10.6. The van der Waals surface area contributed by atoms with Crippen molar-refractivity contribution in [2.45, 2.75) is 5.03 Å². The van der Waals surface area contributed by atoms with Gasteiger partial charge in [-0.25, -0.2) is 9.97 Å². The van der Waals surface area contributed by atoms with Crippen molar-refractivity contribution in [3.63, 3.8) is 0 Å². The average molecular weight is 451 g/mol. The second-order valence-corrected chi connectivity index (χ2v) is 7.86. The lowest BCUT2D eigenvalue weighted by molar-refractivity contribution is -0.384. The van der Waals surface area contributed by atoms with E-state index in [2.05, 4.69) is 5.32 Å². The molecule has 0 saturated heterocycles. The third-order valence-corrected chi connectivity index (χ3v) is 5.62. The normalized spacial score (nSPS) is 10.7. The Hall–Kier alpha value is -3.49. The second-order valence-electron chi connectivity index (χ2n) is 6.49. The molecule has 31 heavy (non-hydrogen) atoms. The summed E-state index contributed by atoms with van der Waals surface area (Å²) < 4.78 is 0. The molecule has 1 aromatic heterocycles. The molecule has 0 atom stereocenters. The molecule has 0 fully saturated rings. The van der Waals surface area contributed by atoms with Gasteiger partial charge in [-0.2, -0.15) is 0 Å². The summed E-state index contributed by atoms with van der Waals surface area (Å²) in [5, 5.41) is 14.2. The Morgan fingerprint density at radius 1 is 1.00 bits per heavy atom. The monoisotopic (exact) mass is 450 g/mol.